The van der Waals surface area contributed by atoms with Gasteiger partial charge in [-0.3, -0.25) is 0 Å². The number of aromatic nitrogens is 1. The van der Waals surface area contributed by atoms with Gasteiger partial charge in [0.05, 0.1) is 5.52 Å². The average Bonchev–Trinajstić information content (AvgIpc) is 2.78. The van der Waals surface area contributed by atoms with Gasteiger partial charge in [0.15, 0.2) is 0 Å². The maximum Gasteiger partial charge on any atom is 0.119 e. The number of hydrogen-bond donors (Lipinski definition) is 1. The normalized spacial score (nSPS) is 10.7. The Hall–Kier alpha value is -2.22. The molecule has 0 amide bonds. The number of aromatic amines is 1. The van der Waals surface area contributed by atoms with Crippen LogP contribution in [0.3, 0.4) is 0 Å². The molecule has 0 atom stereocenters. The standard InChI is InChI=1S/C16H15NO/c1-12-10-13-6-5-7-14(16(13)17-12)11-18-15-8-3-2-4-9-15/h2-10,17H,11H2,1H3. The summed E-state index contributed by atoms with van der Waals surface area (Å²) in [5.74, 6) is 0.901. The highest BCUT2D eigenvalue weighted by molar-refractivity contribution is 5.83. The van der Waals surface area contributed by atoms with Gasteiger partial charge in [-0.15, -0.1) is 0 Å². The Balaban J connectivity index is 1.86. The number of fused-ring (bicyclic) bond motifs is 1. The Morgan fingerprint density at radius 2 is 1.83 bits per heavy atom. The minimum Gasteiger partial charge on any atom is -0.489 e. The molecule has 18 heavy (non-hydrogen) atoms. The molecule has 0 spiro atoms. The summed E-state index contributed by atoms with van der Waals surface area (Å²) in [4.78, 5) is 3.38. The molecule has 0 aliphatic rings. The molecule has 1 aromatic heterocycles. The Morgan fingerprint density at radius 3 is 2.67 bits per heavy atom. The van der Waals surface area contributed by atoms with Crippen LogP contribution in [0.2, 0.25) is 0 Å². The lowest BCUT2D eigenvalue weighted by atomic mass is 10.1. The summed E-state index contributed by atoms with van der Waals surface area (Å²) >= 11 is 0. The van der Waals surface area contributed by atoms with Crippen LogP contribution in [0.5, 0.6) is 5.75 Å². The van der Waals surface area contributed by atoms with Crippen molar-refractivity contribution in [2.24, 2.45) is 0 Å². The lowest BCUT2D eigenvalue weighted by Crippen LogP contribution is -1.96. The van der Waals surface area contributed by atoms with Crippen LogP contribution in [-0.4, -0.2) is 4.98 Å². The molecular formula is C16H15NO. The molecule has 0 aliphatic heterocycles. The van der Waals surface area contributed by atoms with Gasteiger partial charge in [0, 0.05) is 16.6 Å². The second-order valence-corrected chi connectivity index (χ2v) is 4.44. The number of para-hydroxylation sites is 2. The third-order valence-corrected chi connectivity index (χ3v) is 3.01. The van der Waals surface area contributed by atoms with Crippen LogP contribution < -0.4 is 4.74 Å². The maximum absolute atomic E-state index is 5.79. The van der Waals surface area contributed by atoms with Gasteiger partial charge >= 0.3 is 0 Å². The van der Waals surface area contributed by atoms with Crippen LogP contribution in [0.1, 0.15) is 11.3 Å². The molecule has 0 bridgehead atoms. The molecule has 0 aliphatic carbocycles. The first-order valence-electron chi connectivity index (χ1n) is 6.08. The number of H-pyrrole nitrogens is 1. The van der Waals surface area contributed by atoms with Crippen molar-refractivity contribution in [3.8, 4) is 5.75 Å². The summed E-state index contributed by atoms with van der Waals surface area (Å²) in [5.41, 5.74) is 3.53. The van der Waals surface area contributed by atoms with Gasteiger partial charge in [-0.1, -0.05) is 36.4 Å². The molecule has 0 fully saturated rings. The van der Waals surface area contributed by atoms with E-state index in [1.165, 1.54) is 22.2 Å². The fraction of sp³-hybridized carbons (Fsp3) is 0.125. The van der Waals surface area contributed by atoms with Crippen molar-refractivity contribution in [1.82, 2.24) is 4.98 Å². The SMILES string of the molecule is Cc1cc2cccc(COc3ccccc3)c2[nH]1. The molecule has 1 heterocycles. The Morgan fingerprint density at radius 1 is 1.00 bits per heavy atom. The van der Waals surface area contributed by atoms with Crippen LogP contribution in [0.4, 0.5) is 0 Å². The molecule has 2 nitrogen and oxygen atoms in total. The van der Waals surface area contributed by atoms with E-state index in [2.05, 4.69) is 36.2 Å². The van der Waals surface area contributed by atoms with Gasteiger partial charge < -0.3 is 9.72 Å². The summed E-state index contributed by atoms with van der Waals surface area (Å²) in [7, 11) is 0. The summed E-state index contributed by atoms with van der Waals surface area (Å²) < 4.78 is 5.79. The van der Waals surface area contributed by atoms with Gasteiger partial charge in [-0.2, -0.15) is 0 Å². The van der Waals surface area contributed by atoms with E-state index in [4.69, 9.17) is 4.74 Å². The maximum atomic E-state index is 5.79. The van der Waals surface area contributed by atoms with E-state index in [9.17, 15) is 0 Å². The lowest BCUT2D eigenvalue weighted by molar-refractivity contribution is 0.307. The largest absolute Gasteiger partial charge is 0.489 e. The third kappa shape index (κ3) is 2.09. The van der Waals surface area contributed by atoms with Crippen molar-refractivity contribution in [3.63, 3.8) is 0 Å². The fourth-order valence-corrected chi connectivity index (χ4v) is 2.16. The van der Waals surface area contributed by atoms with Gasteiger partial charge in [0.1, 0.15) is 12.4 Å². The Labute approximate surface area is 106 Å². The van der Waals surface area contributed by atoms with Gasteiger partial charge in [-0.05, 0) is 25.1 Å². The first kappa shape index (κ1) is 10.9. The highest BCUT2D eigenvalue weighted by Gasteiger charge is 2.04. The molecule has 3 rings (SSSR count). The minimum absolute atomic E-state index is 0.585. The van der Waals surface area contributed by atoms with E-state index < -0.39 is 0 Å². The second kappa shape index (κ2) is 4.57. The van der Waals surface area contributed by atoms with E-state index in [0.717, 1.165) is 5.75 Å². The fourth-order valence-electron chi connectivity index (χ4n) is 2.16. The van der Waals surface area contributed by atoms with Crippen LogP contribution in [0, 0.1) is 6.92 Å². The first-order chi connectivity index (χ1) is 8.83. The highest BCUT2D eigenvalue weighted by atomic mass is 16.5. The molecule has 0 saturated carbocycles. The van der Waals surface area contributed by atoms with E-state index in [1.807, 2.05) is 30.3 Å². The molecule has 2 aromatic carbocycles. The monoisotopic (exact) mass is 237 g/mol. The van der Waals surface area contributed by atoms with E-state index >= 15 is 0 Å². The van der Waals surface area contributed by atoms with Crippen LogP contribution in [-0.2, 0) is 6.61 Å². The number of aryl methyl sites for hydroxylation is 1. The van der Waals surface area contributed by atoms with E-state index in [1.54, 1.807) is 0 Å². The predicted octanol–water partition coefficient (Wildman–Crippen LogP) is 4.06. The Bertz CT molecular complexity index is 655. The zero-order chi connectivity index (χ0) is 12.4. The minimum atomic E-state index is 0.585. The summed E-state index contributed by atoms with van der Waals surface area (Å²) in [5, 5.41) is 1.24. The van der Waals surface area contributed by atoms with Crippen molar-refractivity contribution in [1.29, 1.82) is 0 Å². The molecule has 0 radical (unpaired) electrons. The van der Waals surface area contributed by atoms with Gasteiger partial charge in [-0.25, -0.2) is 0 Å². The number of rotatable bonds is 3. The van der Waals surface area contributed by atoms with Gasteiger partial charge in [0.2, 0.25) is 0 Å². The smallest absolute Gasteiger partial charge is 0.119 e. The van der Waals surface area contributed by atoms with Gasteiger partial charge in [0.25, 0.3) is 0 Å². The number of hydrogen-bond acceptors (Lipinski definition) is 1. The predicted molar refractivity (Wildman–Crippen MR) is 73.8 cm³/mol. The topological polar surface area (TPSA) is 25.0 Å². The zero-order valence-electron chi connectivity index (χ0n) is 10.3. The molecular weight excluding hydrogens is 222 g/mol. The number of nitrogens with one attached hydrogen (secondary N) is 1. The molecule has 2 heteroatoms. The van der Waals surface area contributed by atoms with Crippen molar-refractivity contribution in [3.05, 3.63) is 65.9 Å². The highest BCUT2D eigenvalue weighted by Crippen LogP contribution is 2.21. The van der Waals surface area contributed by atoms with Crippen molar-refractivity contribution < 1.29 is 4.74 Å². The van der Waals surface area contributed by atoms with Crippen LogP contribution in [0.15, 0.2) is 54.6 Å². The second-order valence-electron chi connectivity index (χ2n) is 4.44. The van der Waals surface area contributed by atoms with E-state index in [0.29, 0.717) is 6.61 Å². The lowest BCUT2D eigenvalue weighted by Gasteiger charge is -2.07. The average molecular weight is 237 g/mol. The summed E-state index contributed by atoms with van der Waals surface area (Å²) in [6.07, 6.45) is 0. The third-order valence-electron chi connectivity index (χ3n) is 3.01. The first-order valence-corrected chi connectivity index (χ1v) is 6.08. The van der Waals surface area contributed by atoms with Crippen LogP contribution >= 0.6 is 0 Å². The van der Waals surface area contributed by atoms with Crippen molar-refractivity contribution in [2.45, 2.75) is 13.5 Å². The summed E-state index contributed by atoms with van der Waals surface area (Å²) in [6.45, 7) is 2.66. The van der Waals surface area contributed by atoms with Crippen molar-refractivity contribution >= 4 is 10.9 Å². The molecule has 0 saturated heterocycles. The number of ether oxygens (including phenoxy) is 1. The zero-order valence-corrected chi connectivity index (χ0v) is 10.3. The number of benzene rings is 2. The van der Waals surface area contributed by atoms with Crippen molar-refractivity contribution in [2.75, 3.05) is 0 Å². The van der Waals surface area contributed by atoms with Crippen LogP contribution in [0.25, 0.3) is 10.9 Å². The molecule has 1 N–H and O–H groups in total. The summed E-state index contributed by atoms with van der Waals surface area (Å²) in [6, 6.07) is 18.3. The molecule has 3 aromatic rings. The Kier molecular flexibility index (Phi) is 2.77. The quantitative estimate of drug-likeness (QED) is 0.730. The molecule has 0 unspecified atom stereocenters. The van der Waals surface area contributed by atoms with E-state index in [-0.39, 0.29) is 0 Å². The molecule has 90 valence electrons.